The van der Waals surface area contributed by atoms with E-state index in [1.807, 2.05) is 0 Å². The Morgan fingerprint density at radius 3 is 2.95 bits per heavy atom. The molecule has 0 bridgehead atoms. The van der Waals surface area contributed by atoms with Crippen LogP contribution < -0.4 is 4.74 Å². The summed E-state index contributed by atoms with van der Waals surface area (Å²) in [5.41, 5.74) is 0.298. The van der Waals surface area contributed by atoms with E-state index in [1.54, 1.807) is 19.1 Å². The predicted octanol–water partition coefficient (Wildman–Crippen LogP) is 2.60. The first kappa shape index (κ1) is 14.8. The van der Waals surface area contributed by atoms with Crippen molar-refractivity contribution < 1.29 is 23.7 Å². The summed E-state index contributed by atoms with van der Waals surface area (Å²) >= 11 is 0. The summed E-state index contributed by atoms with van der Waals surface area (Å²) in [4.78, 5) is 0. The van der Waals surface area contributed by atoms with Crippen molar-refractivity contribution in [1.29, 1.82) is 0 Å². The van der Waals surface area contributed by atoms with Crippen molar-refractivity contribution in [2.75, 3.05) is 19.8 Å². The van der Waals surface area contributed by atoms with Gasteiger partial charge in [-0.25, -0.2) is 4.39 Å². The maximum Gasteiger partial charge on any atom is 0.165 e. The number of hydrogen-bond acceptors (Lipinski definition) is 4. The Bertz CT molecular complexity index is 497. The van der Waals surface area contributed by atoms with Crippen LogP contribution in [0.3, 0.4) is 0 Å². The van der Waals surface area contributed by atoms with E-state index >= 15 is 0 Å². The van der Waals surface area contributed by atoms with Gasteiger partial charge in [0.05, 0.1) is 24.9 Å². The van der Waals surface area contributed by atoms with Crippen LogP contribution in [0.5, 0.6) is 5.75 Å². The number of benzene rings is 1. The maximum atomic E-state index is 14.0. The number of aliphatic hydroxyl groups excluding tert-OH is 1. The summed E-state index contributed by atoms with van der Waals surface area (Å²) < 4.78 is 31.1. The molecule has 1 aromatic rings. The molecule has 1 N–H and O–H groups in total. The zero-order valence-corrected chi connectivity index (χ0v) is 12.2. The van der Waals surface area contributed by atoms with Gasteiger partial charge in [0.25, 0.3) is 0 Å². The normalized spacial score (nSPS) is 30.5. The SMILES string of the molecule is C[C@@H](O)c1ccc(OC2CCOC3(CCOC3)C2)c(F)c1. The Morgan fingerprint density at radius 2 is 2.29 bits per heavy atom. The van der Waals surface area contributed by atoms with Crippen LogP contribution in [0.1, 0.15) is 37.9 Å². The van der Waals surface area contributed by atoms with Crippen molar-refractivity contribution in [3.63, 3.8) is 0 Å². The van der Waals surface area contributed by atoms with Crippen LogP contribution in [-0.2, 0) is 9.47 Å². The van der Waals surface area contributed by atoms with E-state index in [0.717, 1.165) is 19.3 Å². The lowest BCUT2D eigenvalue weighted by Gasteiger charge is -2.37. The minimum Gasteiger partial charge on any atom is -0.487 e. The van der Waals surface area contributed by atoms with E-state index in [1.165, 1.54) is 6.07 Å². The highest BCUT2D eigenvalue weighted by atomic mass is 19.1. The second-order valence-electron chi connectivity index (χ2n) is 5.93. The Morgan fingerprint density at radius 1 is 1.43 bits per heavy atom. The van der Waals surface area contributed by atoms with E-state index in [0.29, 0.717) is 25.4 Å². The molecule has 3 atom stereocenters. The summed E-state index contributed by atoms with van der Waals surface area (Å²) in [6.45, 7) is 3.53. The second kappa shape index (κ2) is 5.91. The van der Waals surface area contributed by atoms with Gasteiger partial charge in [0, 0.05) is 25.9 Å². The Hall–Kier alpha value is -1.17. The van der Waals surface area contributed by atoms with Crippen LogP contribution in [0.25, 0.3) is 0 Å². The molecule has 2 unspecified atom stereocenters. The number of ether oxygens (including phenoxy) is 3. The molecule has 116 valence electrons. The number of hydrogen-bond donors (Lipinski definition) is 1. The molecular formula is C16H21FO4. The van der Waals surface area contributed by atoms with Crippen molar-refractivity contribution in [3.05, 3.63) is 29.6 Å². The Labute approximate surface area is 123 Å². The van der Waals surface area contributed by atoms with Gasteiger partial charge in [0.1, 0.15) is 6.10 Å². The predicted molar refractivity (Wildman–Crippen MR) is 74.8 cm³/mol. The van der Waals surface area contributed by atoms with E-state index < -0.39 is 11.9 Å². The Balaban J connectivity index is 1.68. The van der Waals surface area contributed by atoms with Gasteiger partial charge in [0.2, 0.25) is 0 Å². The fourth-order valence-electron chi connectivity index (χ4n) is 3.00. The molecule has 0 amide bonds. The summed E-state index contributed by atoms with van der Waals surface area (Å²) in [5, 5.41) is 9.46. The highest BCUT2D eigenvalue weighted by Gasteiger charge is 2.41. The number of rotatable bonds is 3. The average molecular weight is 296 g/mol. The highest BCUT2D eigenvalue weighted by Crippen LogP contribution is 2.35. The lowest BCUT2D eigenvalue weighted by Crippen LogP contribution is -2.44. The summed E-state index contributed by atoms with van der Waals surface area (Å²) in [5.74, 6) is -0.197. The number of aliphatic hydroxyl groups is 1. The molecule has 2 saturated heterocycles. The van der Waals surface area contributed by atoms with Crippen LogP contribution in [-0.4, -0.2) is 36.6 Å². The smallest absolute Gasteiger partial charge is 0.165 e. The monoisotopic (exact) mass is 296 g/mol. The van der Waals surface area contributed by atoms with Gasteiger partial charge in [-0.2, -0.15) is 0 Å². The Kier molecular flexibility index (Phi) is 4.15. The largest absolute Gasteiger partial charge is 0.487 e. The minimum absolute atomic E-state index is 0.0626. The zero-order chi connectivity index (χ0) is 14.9. The van der Waals surface area contributed by atoms with Crippen LogP contribution >= 0.6 is 0 Å². The summed E-state index contributed by atoms with van der Waals surface area (Å²) in [6.07, 6.45) is 1.60. The fraction of sp³-hybridized carbons (Fsp3) is 0.625. The van der Waals surface area contributed by atoms with Gasteiger partial charge in [-0.05, 0) is 24.6 Å². The molecule has 21 heavy (non-hydrogen) atoms. The van der Waals surface area contributed by atoms with Crippen molar-refractivity contribution >= 4 is 0 Å². The van der Waals surface area contributed by atoms with E-state index in [2.05, 4.69) is 0 Å². The molecule has 0 aromatic heterocycles. The first-order valence-electron chi connectivity index (χ1n) is 7.44. The molecule has 2 heterocycles. The number of halogens is 1. The van der Waals surface area contributed by atoms with Gasteiger partial charge < -0.3 is 19.3 Å². The third kappa shape index (κ3) is 3.20. The first-order valence-corrected chi connectivity index (χ1v) is 7.44. The van der Waals surface area contributed by atoms with Crippen molar-refractivity contribution in [1.82, 2.24) is 0 Å². The van der Waals surface area contributed by atoms with Crippen molar-refractivity contribution in [3.8, 4) is 5.75 Å². The molecule has 5 heteroatoms. The van der Waals surface area contributed by atoms with Crippen LogP contribution in [0.15, 0.2) is 18.2 Å². The topological polar surface area (TPSA) is 47.9 Å². The van der Waals surface area contributed by atoms with E-state index in [-0.39, 0.29) is 17.5 Å². The lowest BCUT2D eigenvalue weighted by atomic mass is 9.91. The molecule has 0 radical (unpaired) electrons. The molecule has 4 nitrogen and oxygen atoms in total. The summed E-state index contributed by atoms with van der Waals surface area (Å²) in [7, 11) is 0. The second-order valence-corrected chi connectivity index (χ2v) is 5.93. The molecule has 2 aliphatic rings. The molecular weight excluding hydrogens is 275 g/mol. The van der Waals surface area contributed by atoms with E-state index in [9.17, 15) is 9.50 Å². The molecule has 0 saturated carbocycles. The van der Waals surface area contributed by atoms with Gasteiger partial charge in [0.15, 0.2) is 11.6 Å². The van der Waals surface area contributed by atoms with Crippen LogP contribution in [0, 0.1) is 5.82 Å². The average Bonchev–Trinajstić information content (AvgIpc) is 2.89. The molecule has 2 aliphatic heterocycles. The van der Waals surface area contributed by atoms with E-state index in [4.69, 9.17) is 14.2 Å². The van der Waals surface area contributed by atoms with Gasteiger partial charge >= 0.3 is 0 Å². The van der Waals surface area contributed by atoms with Crippen LogP contribution in [0.4, 0.5) is 4.39 Å². The van der Waals surface area contributed by atoms with Crippen LogP contribution in [0.2, 0.25) is 0 Å². The standard InChI is InChI=1S/C16H21FO4/c1-11(18)12-2-3-15(14(17)8-12)21-13-4-6-20-16(9-13)5-7-19-10-16/h2-3,8,11,13,18H,4-7,9-10H2,1H3/t11-,13?,16?/m1/s1. The minimum atomic E-state index is -0.685. The highest BCUT2D eigenvalue weighted by molar-refractivity contribution is 5.30. The molecule has 3 rings (SSSR count). The van der Waals surface area contributed by atoms with Gasteiger partial charge in [-0.3, -0.25) is 0 Å². The van der Waals surface area contributed by atoms with Gasteiger partial charge in [-0.1, -0.05) is 6.07 Å². The zero-order valence-electron chi connectivity index (χ0n) is 12.2. The van der Waals surface area contributed by atoms with Crippen molar-refractivity contribution in [2.24, 2.45) is 0 Å². The molecule has 0 aliphatic carbocycles. The molecule has 1 aromatic carbocycles. The third-order valence-corrected chi connectivity index (χ3v) is 4.25. The molecule has 1 spiro atoms. The summed E-state index contributed by atoms with van der Waals surface area (Å²) in [6, 6.07) is 4.61. The third-order valence-electron chi connectivity index (χ3n) is 4.25. The van der Waals surface area contributed by atoms with Gasteiger partial charge in [-0.15, -0.1) is 0 Å². The maximum absolute atomic E-state index is 14.0. The fourth-order valence-corrected chi connectivity index (χ4v) is 3.00. The molecule has 2 fully saturated rings. The lowest BCUT2D eigenvalue weighted by molar-refractivity contribution is -0.112. The van der Waals surface area contributed by atoms with Crippen molar-refractivity contribution in [2.45, 2.75) is 44.0 Å². The quantitative estimate of drug-likeness (QED) is 0.931. The first-order chi connectivity index (χ1) is 10.1.